The van der Waals surface area contributed by atoms with Crippen LogP contribution >= 0.6 is 0 Å². The summed E-state index contributed by atoms with van der Waals surface area (Å²) in [6.07, 6.45) is 3.65. The zero-order valence-electron chi connectivity index (χ0n) is 11.7. The molecule has 0 heterocycles. The van der Waals surface area contributed by atoms with Crippen molar-refractivity contribution in [3.8, 4) is 11.8 Å². The van der Waals surface area contributed by atoms with Gasteiger partial charge in [0.25, 0.3) is 0 Å². The van der Waals surface area contributed by atoms with Crippen molar-refractivity contribution in [1.29, 1.82) is 5.26 Å². The predicted octanol–water partition coefficient (Wildman–Crippen LogP) is 2.54. The number of nitrogens with zero attached hydrogens (tertiary/aromatic N) is 1. The van der Waals surface area contributed by atoms with Crippen LogP contribution < -0.4 is 4.74 Å². The minimum atomic E-state index is -0.522. The summed E-state index contributed by atoms with van der Waals surface area (Å²) in [4.78, 5) is 0. The third-order valence-electron chi connectivity index (χ3n) is 4.18. The Morgan fingerprint density at radius 3 is 2.95 bits per heavy atom. The summed E-state index contributed by atoms with van der Waals surface area (Å²) in [7, 11) is 3.27. The molecule has 0 fully saturated rings. The third-order valence-corrected chi connectivity index (χ3v) is 4.18. The molecule has 0 aliphatic heterocycles. The Balaban J connectivity index is 2.07. The Morgan fingerprint density at radius 1 is 1.40 bits per heavy atom. The van der Waals surface area contributed by atoms with E-state index in [1.807, 2.05) is 24.3 Å². The van der Waals surface area contributed by atoms with Crippen molar-refractivity contribution in [2.45, 2.75) is 18.4 Å². The van der Waals surface area contributed by atoms with Gasteiger partial charge >= 0.3 is 0 Å². The first-order chi connectivity index (χ1) is 9.72. The molecule has 2 aliphatic carbocycles. The number of methoxy groups -OCH3 is 2. The van der Waals surface area contributed by atoms with E-state index in [1.54, 1.807) is 14.2 Å². The van der Waals surface area contributed by atoms with Crippen LogP contribution in [0.2, 0.25) is 0 Å². The number of fused-ring (bicyclic) bond motifs is 4. The van der Waals surface area contributed by atoms with Crippen LogP contribution in [0.25, 0.3) is 0 Å². The molecule has 4 heteroatoms. The van der Waals surface area contributed by atoms with Gasteiger partial charge in [-0.15, -0.1) is 0 Å². The van der Waals surface area contributed by atoms with E-state index in [0.29, 0.717) is 0 Å². The molecule has 0 spiro atoms. The highest BCUT2D eigenvalue weighted by atomic mass is 16.7. The lowest BCUT2D eigenvalue weighted by molar-refractivity contribution is -0.117. The molecule has 0 aromatic heterocycles. The molecule has 2 bridgehead atoms. The molecule has 104 valence electrons. The molecular weight excluding hydrogens is 254 g/mol. The fraction of sp³-hybridized carbons (Fsp3) is 0.438. The van der Waals surface area contributed by atoms with Crippen molar-refractivity contribution in [3.63, 3.8) is 0 Å². The standard InChI is InChI=1S/C16H17NO3/c1-18-10-20-16-7-12(13(8-16)9-17)5-11-6-14(19-2)3-4-15(11)16/h3-4,6,8,12H,5,7,10H2,1-2H3/t12-,16-/m1/s1. The van der Waals surface area contributed by atoms with Crippen LogP contribution in [-0.4, -0.2) is 21.0 Å². The van der Waals surface area contributed by atoms with E-state index in [9.17, 15) is 5.26 Å². The number of allylic oxidation sites excluding steroid dienone is 1. The van der Waals surface area contributed by atoms with Gasteiger partial charge in [0.2, 0.25) is 0 Å². The van der Waals surface area contributed by atoms with Gasteiger partial charge in [0.05, 0.1) is 13.2 Å². The minimum absolute atomic E-state index is 0.216. The van der Waals surface area contributed by atoms with E-state index in [1.165, 1.54) is 5.56 Å². The van der Waals surface area contributed by atoms with Gasteiger partial charge in [-0.3, -0.25) is 0 Å². The van der Waals surface area contributed by atoms with Crippen molar-refractivity contribution in [1.82, 2.24) is 0 Å². The summed E-state index contributed by atoms with van der Waals surface area (Å²) in [5.41, 5.74) is 2.61. The van der Waals surface area contributed by atoms with Crippen molar-refractivity contribution >= 4 is 0 Å². The molecule has 0 saturated heterocycles. The smallest absolute Gasteiger partial charge is 0.147 e. The second kappa shape index (κ2) is 4.93. The van der Waals surface area contributed by atoms with Crippen molar-refractivity contribution < 1.29 is 14.2 Å². The first kappa shape index (κ1) is 13.2. The average Bonchev–Trinajstić information content (AvgIpc) is 2.78. The summed E-state index contributed by atoms with van der Waals surface area (Å²) >= 11 is 0. The lowest BCUT2D eigenvalue weighted by atomic mass is 9.78. The van der Waals surface area contributed by atoms with Crippen LogP contribution in [-0.2, 0) is 21.5 Å². The number of ether oxygens (including phenoxy) is 3. The van der Waals surface area contributed by atoms with E-state index < -0.39 is 5.60 Å². The highest BCUT2D eigenvalue weighted by molar-refractivity contribution is 5.50. The van der Waals surface area contributed by atoms with Crippen molar-refractivity contribution in [3.05, 3.63) is 41.0 Å². The average molecular weight is 271 g/mol. The van der Waals surface area contributed by atoms with Gasteiger partial charge in [0.15, 0.2) is 0 Å². The SMILES string of the molecule is COCO[C@]12C=C(C#N)[C@H](Cc3cc(OC)ccc31)C2. The second-order valence-corrected chi connectivity index (χ2v) is 5.28. The van der Waals surface area contributed by atoms with E-state index in [4.69, 9.17) is 14.2 Å². The van der Waals surface area contributed by atoms with Gasteiger partial charge in [-0.2, -0.15) is 5.26 Å². The number of nitriles is 1. The maximum Gasteiger partial charge on any atom is 0.147 e. The molecule has 2 aliphatic rings. The summed E-state index contributed by atoms with van der Waals surface area (Å²) < 4.78 is 16.3. The minimum Gasteiger partial charge on any atom is -0.497 e. The zero-order chi connectivity index (χ0) is 14.2. The van der Waals surface area contributed by atoms with Gasteiger partial charge in [0.1, 0.15) is 18.1 Å². The summed E-state index contributed by atoms with van der Waals surface area (Å²) in [6.45, 7) is 0.216. The van der Waals surface area contributed by atoms with Crippen LogP contribution in [0.1, 0.15) is 17.5 Å². The third kappa shape index (κ3) is 1.91. The van der Waals surface area contributed by atoms with Crippen molar-refractivity contribution in [2.24, 2.45) is 5.92 Å². The topological polar surface area (TPSA) is 51.5 Å². The molecular formula is C16H17NO3. The van der Waals surface area contributed by atoms with E-state index in [2.05, 4.69) is 6.07 Å². The van der Waals surface area contributed by atoms with E-state index in [0.717, 1.165) is 29.7 Å². The molecule has 20 heavy (non-hydrogen) atoms. The van der Waals surface area contributed by atoms with Gasteiger partial charge in [-0.25, -0.2) is 0 Å². The van der Waals surface area contributed by atoms with Crippen LogP contribution in [0.4, 0.5) is 0 Å². The highest BCUT2D eigenvalue weighted by Crippen LogP contribution is 2.50. The highest BCUT2D eigenvalue weighted by Gasteiger charge is 2.46. The fourth-order valence-corrected chi connectivity index (χ4v) is 3.28. The summed E-state index contributed by atoms with van der Waals surface area (Å²) in [6, 6.07) is 8.33. The first-order valence-corrected chi connectivity index (χ1v) is 6.65. The number of hydrogen-bond donors (Lipinski definition) is 0. The molecule has 2 atom stereocenters. The lowest BCUT2D eigenvalue weighted by Gasteiger charge is -2.35. The molecule has 0 saturated carbocycles. The largest absolute Gasteiger partial charge is 0.497 e. The molecule has 3 rings (SSSR count). The normalized spacial score (nSPS) is 26.6. The van der Waals surface area contributed by atoms with Crippen LogP contribution in [0, 0.1) is 17.2 Å². The van der Waals surface area contributed by atoms with Crippen LogP contribution in [0.5, 0.6) is 5.75 Å². The molecule has 4 nitrogen and oxygen atoms in total. The van der Waals surface area contributed by atoms with Gasteiger partial charge in [-0.05, 0) is 42.2 Å². The predicted molar refractivity (Wildman–Crippen MR) is 73.1 cm³/mol. The van der Waals surface area contributed by atoms with Gasteiger partial charge in [-0.1, -0.05) is 6.07 Å². The molecule has 0 radical (unpaired) electrons. The van der Waals surface area contributed by atoms with Gasteiger partial charge in [0, 0.05) is 18.6 Å². The van der Waals surface area contributed by atoms with Crippen LogP contribution in [0.3, 0.4) is 0 Å². The Bertz CT molecular complexity index is 602. The number of rotatable bonds is 4. The van der Waals surface area contributed by atoms with E-state index >= 15 is 0 Å². The molecule has 1 aromatic carbocycles. The van der Waals surface area contributed by atoms with E-state index in [-0.39, 0.29) is 12.7 Å². The molecule has 0 N–H and O–H groups in total. The Morgan fingerprint density at radius 2 is 2.25 bits per heavy atom. The quantitative estimate of drug-likeness (QED) is 0.790. The Hall–Kier alpha value is -1.83. The maximum absolute atomic E-state index is 9.30. The number of benzene rings is 1. The van der Waals surface area contributed by atoms with Gasteiger partial charge < -0.3 is 14.2 Å². The monoisotopic (exact) mass is 271 g/mol. The Labute approximate surface area is 118 Å². The molecule has 1 aromatic rings. The fourth-order valence-electron chi connectivity index (χ4n) is 3.28. The number of hydrogen-bond acceptors (Lipinski definition) is 4. The summed E-state index contributed by atoms with van der Waals surface area (Å²) in [5.74, 6) is 1.07. The maximum atomic E-state index is 9.30. The van der Waals surface area contributed by atoms with Crippen LogP contribution in [0.15, 0.2) is 29.8 Å². The second-order valence-electron chi connectivity index (χ2n) is 5.28. The lowest BCUT2D eigenvalue weighted by Crippen LogP contribution is -2.32. The Kier molecular flexibility index (Phi) is 3.25. The first-order valence-electron chi connectivity index (χ1n) is 6.65. The molecule has 0 unspecified atom stereocenters. The zero-order valence-corrected chi connectivity index (χ0v) is 11.7. The summed E-state index contributed by atoms with van der Waals surface area (Å²) in [5, 5.41) is 9.30. The van der Waals surface area contributed by atoms with Crippen molar-refractivity contribution in [2.75, 3.05) is 21.0 Å². The molecule has 0 amide bonds.